The zero-order valence-corrected chi connectivity index (χ0v) is 14.7. The smallest absolute Gasteiger partial charge is 0.212 e. The molecule has 0 radical (unpaired) electrons. The van der Waals surface area contributed by atoms with E-state index >= 15 is 0 Å². The van der Waals surface area contributed by atoms with E-state index in [4.69, 9.17) is 30.7 Å². The quantitative estimate of drug-likeness (QED) is 0.288. The van der Waals surface area contributed by atoms with E-state index in [1.54, 1.807) is 0 Å². The molecule has 144 valence electrons. The second-order valence-electron chi connectivity index (χ2n) is 6.32. The minimum Gasteiger partial charge on any atom is -0.390 e. The van der Waals surface area contributed by atoms with Gasteiger partial charge in [-0.1, -0.05) is 0 Å². The largest absolute Gasteiger partial charge is 0.390 e. The number of hydrogen-bond acceptors (Lipinski definition) is 8. The lowest BCUT2D eigenvalue weighted by Crippen LogP contribution is -2.41. The van der Waals surface area contributed by atoms with Crippen molar-refractivity contribution in [3.63, 3.8) is 0 Å². The highest BCUT2D eigenvalue weighted by molar-refractivity contribution is 7.90. The minimum absolute atomic E-state index is 0.0417. The van der Waals surface area contributed by atoms with Gasteiger partial charge in [-0.2, -0.15) is 0 Å². The fraction of sp³-hybridized carbons (Fsp3) is 1.00. The van der Waals surface area contributed by atoms with E-state index in [0.717, 1.165) is 0 Å². The molecule has 2 fully saturated rings. The summed E-state index contributed by atoms with van der Waals surface area (Å²) in [5.41, 5.74) is 0. The van der Waals surface area contributed by atoms with Crippen LogP contribution in [0, 0.1) is 0 Å². The molecule has 0 spiro atoms. The van der Waals surface area contributed by atoms with Gasteiger partial charge in [-0.15, -0.1) is 0 Å². The van der Waals surface area contributed by atoms with Gasteiger partial charge in [0.2, 0.25) is 20.0 Å². The molecular formula is C12H26N2O8S2. The Kier molecular flexibility index (Phi) is 7.56. The van der Waals surface area contributed by atoms with Gasteiger partial charge in [-0.25, -0.2) is 27.1 Å². The number of nitrogens with two attached hydrogens (primary N) is 2. The first-order valence-electron chi connectivity index (χ1n) is 7.57. The van der Waals surface area contributed by atoms with Gasteiger partial charge >= 0.3 is 0 Å². The lowest BCUT2D eigenvalue weighted by molar-refractivity contribution is -0.00753. The Morgan fingerprint density at radius 1 is 0.583 bits per heavy atom. The van der Waals surface area contributed by atoms with E-state index in [-0.39, 0.29) is 12.8 Å². The number of primary sulfonamides is 2. The Hall–Kier alpha value is -0.340. The van der Waals surface area contributed by atoms with E-state index in [0.29, 0.717) is 25.7 Å². The third kappa shape index (κ3) is 6.52. The highest BCUT2D eigenvalue weighted by atomic mass is 32.2. The maximum absolute atomic E-state index is 10.8. The molecule has 0 saturated heterocycles. The minimum atomic E-state index is -3.55. The number of hydrogen-bond donors (Lipinski definition) is 6. The first-order chi connectivity index (χ1) is 10.8. The number of sulfonamides is 2. The number of aliphatic hydroxyl groups excluding tert-OH is 4. The van der Waals surface area contributed by atoms with Crippen molar-refractivity contribution in [1.82, 2.24) is 0 Å². The van der Waals surface area contributed by atoms with Crippen molar-refractivity contribution >= 4 is 20.0 Å². The predicted octanol–water partition coefficient (Wildman–Crippen LogP) is -2.90. The highest BCUT2D eigenvalue weighted by Crippen LogP contribution is 2.23. The van der Waals surface area contributed by atoms with Crippen LogP contribution in [0.2, 0.25) is 0 Å². The van der Waals surface area contributed by atoms with Gasteiger partial charge in [0.25, 0.3) is 0 Å². The van der Waals surface area contributed by atoms with Crippen LogP contribution < -0.4 is 10.3 Å². The molecule has 0 aliphatic heterocycles. The molecule has 0 bridgehead atoms. The second-order valence-corrected chi connectivity index (χ2v) is 10.0. The molecule has 0 aromatic rings. The Labute approximate surface area is 141 Å². The van der Waals surface area contributed by atoms with E-state index in [9.17, 15) is 16.8 Å². The van der Waals surface area contributed by atoms with Crippen molar-refractivity contribution in [2.75, 3.05) is 0 Å². The van der Waals surface area contributed by atoms with Gasteiger partial charge in [0.1, 0.15) is 0 Å². The molecule has 2 aliphatic carbocycles. The molecule has 10 nitrogen and oxygen atoms in total. The van der Waals surface area contributed by atoms with Crippen molar-refractivity contribution in [1.29, 1.82) is 0 Å². The second kappa shape index (κ2) is 8.36. The van der Waals surface area contributed by atoms with Gasteiger partial charge in [-0.05, 0) is 38.5 Å². The first kappa shape index (κ1) is 21.7. The Morgan fingerprint density at radius 3 is 1.08 bits per heavy atom. The Bertz CT molecular complexity index is 555. The summed E-state index contributed by atoms with van der Waals surface area (Å²) >= 11 is 0. The van der Waals surface area contributed by atoms with Crippen LogP contribution in [0.4, 0.5) is 0 Å². The fourth-order valence-corrected chi connectivity index (χ4v) is 4.64. The first-order valence-corrected chi connectivity index (χ1v) is 10.8. The molecule has 2 aliphatic rings. The van der Waals surface area contributed by atoms with Gasteiger partial charge < -0.3 is 20.4 Å². The van der Waals surface area contributed by atoms with Gasteiger partial charge in [0, 0.05) is 0 Å². The van der Waals surface area contributed by atoms with Crippen molar-refractivity contribution in [2.45, 2.75) is 73.4 Å². The zero-order chi connectivity index (χ0) is 18.7. The predicted molar refractivity (Wildman–Crippen MR) is 85.5 cm³/mol. The third-order valence-electron chi connectivity index (χ3n) is 4.40. The molecule has 0 aromatic heterocycles. The average Bonchev–Trinajstić information content (AvgIpc) is 2.43. The van der Waals surface area contributed by atoms with Crippen molar-refractivity contribution in [3.8, 4) is 0 Å². The summed E-state index contributed by atoms with van der Waals surface area (Å²) in [4.78, 5) is 0. The molecular weight excluding hydrogens is 364 g/mol. The van der Waals surface area contributed by atoms with Crippen LogP contribution in [0.25, 0.3) is 0 Å². The molecule has 24 heavy (non-hydrogen) atoms. The highest BCUT2D eigenvalue weighted by Gasteiger charge is 2.34. The van der Waals surface area contributed by atoms with E-state index in [1.807, 2.05) is 0 Å². The van der Waals surface area contributed by atoms with Crippen LogP contribution >= 0.6 is 0 Å². The summed E-state index contributed by atoms with van der Waals surface area (Å²) in [5.74, 6) is 0. The van der Waals surface area contributed by atoms with Gasteiger partial charge in [-0.3, -0.25) is 0 Å². The molecule has 12 heteroatoms. The lowest BCUT2D eigenvalue weighted by Gasteiger charge is -2.28. The van der Waals surface area contributed by atoms with Crippen LogP contribution in [0.5, 0.6) is 0 Å². The molecule has 2 saturated carbocycles. The molecule has 0 aromatic carbocycles. The molecule has 0 heterocycles. The maximum atomic E-state index is 10.8. The fourth-order valence-electron chi connectivity index (χ4n) is 2.78. The summed E-state index contributed by atoms with van der Waals surface area (Å²) in [6, 6.07) is 0. The van der Waals surface area contributed by atoms with Crippen molar-refractivity contribution < 1.29 is 37.3 Å². The van der Waals surface area contributed by atoms with Crippen LogP contribution in [-0.2, 0) is 20.0 Å². The van der Waals surface area contributed by atoms with Crippen molar-refractivity contribution in [3.05, 3.63) is 0 Å². The van der Waals surface area contributed by atoms with E-state index in [2.05, 4.69) is 0 Å². The molecule has 8 N–H and O–H groups in total. The molecule has 6 atom stereocenters. The third-order valence-corrected chi connectivity index (χ3v) is 7.11. The van der Waals surface area contributed by atoms with Crippen LogP contribution in [0.15, 0.2) is 0 Å². The number of aliphatic hydroxyl groups is 4. The molecule has 2 rings (SSSR count). The Morgan fingerprint density at radius 2 is 0.875 bits per heavy atom. The van der Waals surface area contributed by atoms with Gasteiger partial charge in [0.05, 0.1) is 34.9 Å². The molecule has 0 unspecified atom stereocenters. The Balaban J connectivity index is 0.000000240. The summed E-state index contributed by atoms with van der Waals surface area (Å²) in [7, 11) is -7.11. The maximum Gasteiger partial charge on any atom is 0.212 e. The lowest BCUT2D eigenvalue weighted by atomic mass is 9.95. The monoisotopic (exact) mass is 390 g/mol. The summed E-state index contributed by atoms with van der Waals surface area (Å²) in [5, 5.41) is 44.8. The van der Waals surface area contributed by atoms with Crippen LogP contribution in [0.1, 0.15) is 38.5 Å². The summed E-state index contributed by atoms with van der Waals surface area (Å²) in [6.45, 7) is 0. The van der Waals surface area contributed by atoms with Crippen LogP contribution in [0.3, 0.4) is 0 Å². The van der Waals surface area contributed by atoms with Gasteiger partial charge in [0.15, 0.2) is 0 Å². The molecule has 0 amide bonds. The topological polar surface area (TPSA) is 201 Å². The average molecular weight is 390 g/mol. The van der Waals surface area contributed by atoms with Crippen molar-refractivity contribution in [2.24, 2.45) is 10.3 Å². The zero-order valence-electron chi connectivity index (χ0n) is 13.1. The van der Waals surface area contributed by atoms with E-state index in [1.165, 1.54) is 0 Å². The summed E-state index contributed by atoms with van der Waals surface area (Å²) in [6.07, 6.45) is -2.19. The van der Waals surface area contributed by atoms with E-state index < -0.39 is 55.0 Å². The SMILES string of the molecule is NS(=O)(=O)[C@@H]1CC[C@@H](O)[C@H](O)C1.NS(=O)(=O)[C@H]1CC[C@@H](O)[C@H](O)C1. The number of rotatable bonds is 2. The van der Waals surface area contributed by atoms with Crippen LogP contribution in [-0.4, -0.2) is 72.2 Å². The summed E-state index contributed by atoms with van der Waals surface area (Å²) < 4.78 is 43.3. The normalized spacial score (nSPS) is 38.1. The standard InChI is InChI=1S/2C6H13NO4S/c2*7-12(10,11)4-1-2-5(8)6(9)3-4/h2*4-6,8-9H,1-3H2,(H2,7,10,11)/t4-,5+,6+;4-,5-,6-/m01/s1.